The first-order valence-electron chi connectivity index (χ1n) is 3.88. The van der Waals surface area contributed by atoms with E-state index in [0.29, 0.717) is 6.42 Å². The maximum absolute atomic E-state index is 9.76. The predicted octanol–water partition coefficient (Wildman–Crippen LogP) is -7.55. The molecule has 0 radical (unpaired) electrons. The average Bonchev–Trinajstić information content (AvgIpc) is 1.98. The summed E-state index contributed by atoms with van der Waals surface area (Å²) in [4.78, 5) is 9.76. The Labute approximate surface area is 156 Å². The van der Waals surface area contributed by atoms with Gasteiger partial charge in [0.2, 0.25) is 0 Å². The number of carbonyl (C=O) groups is 1. The quantitative estimate of drug-likeness (QED) is 0.345. The van der Waals surface area contributed by atoms with Gasteiger partial charge in [0.05, 0.1) is 0 Å². The molecule has 0 atom stereocenters. The molecule has 0 fully saturated rings. The Bertz CT molecular complexity index is 188. The van der Waals surface area contributed by atoms with E-state index in [1.807, 2.05) is 6.92 Å². The fourth-order valence-electron chi connectivity index (χ4n) is 0.328. The molecule has 0 aliphatic carbocycles. The van der Waals surface area contributed by atoms with Crippen LogP contribution in [-0.4, -0.2) is 21.4 Å². The number of nitrogens with two attached hydrogens (primary N) is 2. The van der Waals surface area contributed by atoms with E-state index in [4.69, 9.17) is 15.3 Å². The van der Waals surface area contributed by atoms with Crippen LogP contribution in [0.1, 0.15) is 26.2 Å². The Balaban J connectivity index is -0.0000000425. The SMILES string of the molecule is CCCCC(=O)O.NC([O-])=S.NC([O-])=S.[Na+].[Na+]. The third-order valence-corrected chi connectivity index (χ3v) is 0.744. The smallest absolute Gasteiger partial charge is 0.852 e. The van der Waals surface area contributed by atoms with Crippen molar-refractivity contribution >= 4 is 40.8 Å². The Morgan fingerprint density at radius 3 is 1.47 bits per heavy atom. The van der Waals surface area contributed by atoms with Crippen molar-refractivity contribution in [1.29, 1.82) is 0 Å². The zero-order valence-corrected chi connectivity index (χ0v) is 15.9. The minimum Gasteiger partial charge on any atom is -0.852 e. The van der Waals surface area contributed by atoms with Crippen molar-refractivity contribution in [1.82, 2.24) is 0 Å². The summed E-state index contributed by atoms with van der Waals surface area (Å²) in [5, 5.41) is 24.6. The van der Waals surface area contributed by atoms with Gasteiger partial charge in [-0.2, -0.15) is 0 Å². The van der Waals surface area contributed by atoms with Gasteiger partial charge >= 0.3 is 65.1 Å². The van der Waals surface area contributed by atoms with Crippen molar-refractivity contribution in [3.05, 3.63) is 0 Å². The van der Waals surface area contributed by atoms with Gasteiger partial charge in [0.1, 0.15) is 0 Å². The third kappa shape index (κ3) is 158. The first-order valence-corrected chi connectivity index (χ1v) is 4.70. The summed E-state index contributed by atoms with van der Waals surface area (Å²) in [7, 11) is 0. The van der Waals surface area contributed by atoms with Crippen LogP contribution in [0.2, 0.25) is 0 Å². The molecule has 90 valence electrons. The molecule has 0 unspecified atom stereocenters. The van der Waals surface area contributed by atoms with E-state index in [2.05, 4.69) is 35.9 Å². The average molecular weight is 300 g/mol. The number of aliphatic carboxylic acids is 1. The third-order valence-electron chi connectivity index (χ3n) is 0.744. The van der Waals surface area contributed by atoms with Crippen molar-refractivity contribution in [2.24, 2.45) is 11.5 Å². The molecule has 0 saturated carbocycles. The molecule has 0 spiro atoms. The fourth-order valence-corrected chi connectivity index (χ4v) is 0.328. The summed E-state index contributed by atoms with van der Waals surface area (Å²) in [6.07, 6.45) is 2.08. The van der Waals surface area contributed by atoms with Crippen LogP contribution >= 0.6 is 24.4 Å². The van der Waals surface area contributed by atoms with Crippen LogP contribution in [-0.2, 0) is 4.79 Å². The van der Waals surface area contributed by atoms with Crippen LogP contribution in [0.4, 0.5) is 0 Å². The van der Waals surface area contributed by atoms with E-state index >= 15 is 0 Å². The zero-order chi connectivity index (χ0) is 12.9. The first kappa shape index (κ1) is 30.7. The second kappa shape index (κ2) is 25.6. The summed E-state index contributed by atoms with van der Waals surface area (Å²) in [5.41, 5.74) is 8.57. The minimum absolute atomic E-state index is 0. The maximum atomic E-state index is 9.76. The van der Waals surface area contributed by atoms with Gasteiger partial charge in [0.15, 0.2) is 0 Å². The molecule has 0 aliphatic rings. The van der Waals surface area contributed by atoms with Crippen LogP contribution in [0.3, 0.4) is 0 Å². The fraction of sp³-hybridized carbons (Fsp3) is 0.571. The number of unbranched alkanes of at least 4 members (excludes halogenated alkanes) is 1. The van der Waals surface area contributed by atoms with E-state index in [1.165, 1.54) is 0 Å². The van der Waals surface area contributed by atoms with Crippen molar-refractivity contribution in [2.45, 2.75) is 26.2 Å². The second-order valence-electron chi connectivity index (χ2n) is 2.14. The van der Waals surface area contributed by atoms with Gasteiger partial charge in [-0.1, -0.05) is 37.8 Å². The first-order chi connectivity index (χ1) is 6.73. The Kier molecular flexibility index (Phi) is 46.3. The van der Waals surface area contributed by atoms with Crippen molar-refractivity contribution in [3.63, 3.8) is 0 Å². The Hall–Kier alpha value is 0.850. The molecule has 0 aromatic carbocycles. The number of hydrogen-bond acceptors (Lipinski definition) is 5. The minimum atomic E-state index is -0.750. The van der Waals surface area contributed by atoms with Gasteiger partial charge in [-0.15, -0.1) is 0 Å². The monoisotopic (exact) mass is 300 g/mol. The van der Waals surface area contributed by atoms with Gasteiger partial charge in [0, 0.05) is 16.8 Å². The van der Waals surface area contributed by atoms with Crippen LogP contribution in [0.15, 0.2) is 0 Å². The second-order valence-corrected chi connectivity index (χ2v) is 2.94. The van der Waals surface area contributed by atoms with E-state index < -0.39 is 16.3 Å². The number of carboxylic acids is 1. The van der Waals surface area contributed by atoms with E-state index in [1.54, 1.807) is 0 Å². The standard InChI is InChI=1S/C5H10O2.2CH3NOS.2Na/c1-2-3-4-5(6)7;2*2-1(3)4;;/h2-4H2,1H3,(H,6,7);2*(H3,2,3,4);;/q;;;2*+1/p-2. The van der Waals surface area contributed by atoms with Gasteiger partial charge < -0.3 is 26.8 Å². The summed E-state index contributed by atoms with van der Waals surface area (Å²) in [6.45, 7) is 1.98. The molecule has 0 bridgehead atoms. The molecule has 0 amide bonds. The van der Waals surface area contributed by atoms with Crippen LogP contribution in [0.5, 0.6) is 0 Å². The summed E-state index contributed by atoms with van der Waals surface area (Å²) >= 11 is 7.52. The number of thiocarbonyl (C=S) groups is 2. The molecule has 5 N–H and O–H groups in total. The zero-order valence-electron chi connectivity index (χ0n) is 10.3. The molecule has 0 heterocycles. The number of rotatable bonds is 3. The molecule has 10 heteroatoms. The summed E-state index contributed by atoms with van der Waals surface area (Å²) in [5.74, 6) is -0.693. The Morgan fingerprint density at radius 1 is 1.18 bits per heavy atom. The van der Waals surface area contributed by atoms with Crippen LogP contribution < -0.4 is 80.8 Å². The van der Waals surface area contributed by atoms with Crippen LogP contribution in [0.25, 0.3) is 0 Å². The molecule has 0 aromatic rings. The van der Waals surface area contributed by atoms with Crippen molar-refractivity contribution in [2.75, 3.05) is 0 Å². The topological polar surface area (TPSA) is 135 Å². The normalized spacial score (nSPS) is 6.41. The van der Waals surface area contributed by atoms with Gasteiger partial charge in [-0.05, 0) is 6.42 Å². The van der Waals surface area contributed by atoms with Gasteiger partial charge in [-0.3, -0.25) is 4.79 Å². The molecule has 0 saturated heterocycles. The van der Waals surface area contributed by atoms with Gasteiger partial charge in [-0.25, -0.2) is 0 Å². The molecule has 6 nitrogen and oxygen atoms in total. The Morgan fingerprint density at radius 2 is 1.41 bits per heavy atom. The van der Waals surface area contributed by atoms with Gasteiger partial charge in [0.25, 0.3) is 0 Å². The maximum Gasteiger partial charge on any atom is 1.00 e. The molecular formula is C7H14N2Na2O4S2. The molecular weight excluding hydrogens is 286 g/mol. The van der Waals surface area contributed by atoms with Crippen molar-refractivity contribution < 1.29 is 79.2 Å². The number of carboxylic acid groups (broad SMARTS) is 1. The molecule has 0 aromatic heterocycles. The largest absolute Gasteiger partial charge is 1.00 e. The van der Waals surface area contributed by atoms with E-state index in [0.717, 1.165) is 12.8 Å². The molecule has 0 aliphatic heterocycles. The van der Waals surface area contributed by atoms with Crippen molar-refractivity contribution in [3.8, 4) is 0 Å². The number of hydrogen-bond donors (Lipinski definition) is 3. The van der Waals surface area contributed by atoms with E-state index in [-0.39, 0.29) is 59.1 Å². The molecule has 0 rings (SSSR count). The summed E-state index contributed by atoms with van der Waals surface area (Å²) in [6, 6.07) is 0. The van der Waals surface area contributed by atoms with E-state index in [9.17, 15) is 4.79 Å². The predicted molar refractivity (Wildman–Crippen MR) is 60.7 cm³/mol. The summed E-state index contributed by atoms with van der Waals surface area (Å²) < 4.78 is 0. The van der Waals surface area contributed by atoms with Crippen LogP contribution in [0, 0.1) is 0 Å². The molecule has 17 heavy (non-hydrogen) atoms.